The lowest BCUT2D eigenvalue weighted by Gasteiger charge is -2.41. The molecule has 1 amide bonds. The van der Waals surface area contributed by atoms with Crippen molar-refractivity contribution in [3.63, 3.8) is 0 Å². The molecular formula is C19H25NO2. The van der Waals surface area contributed by atoms with Crippen LogP contribution in [-0.2, 0) is 10.2 Å². The Labute approximate surface area is 133 Å². The van der Waals surface area contributed by atoms with Crippen molar-refractivity contribution in [3.05, 3.63) is 41.0 Å². The van der Waals surface area contributed by atoms with Gasteiger partial charge in [0.2, 0.25) is 0 Å². The molecule has 1 aliphatic carbocycles. The first-order chi connectivity index (χ1) is 10.3. The van der Waals surface area contributed by atoms with Crippen molar-refractivity contribution in [1.29, 1.82) is 0 Å². The van der Waals surface area contributed by atoms with Crippen LogP contribution < -0.4 is 0 Å². The van der Waals surface area contributed by atoms with E-state index in [0.29, 0.717) is 0 Å². The predicted octanol–water partition coefficient (Wildman–Crippen LogP) is 4.37. The molecular weight excluding hydrogens is 274 g/mol. The number of fused-ring (bicyclic) bond motifs is 2. The highest BCUT2D eigenvalue weighted by Crippen LogP contribution is 2.48. The number of likely N-dealkylation sites (tertiary alicyclic amines) is 1. The number of nitrogens with zero attached hydrogens (tertiary/aromatic N) is 1. The molecule has 0 unspecified atom stereocenters. The third-order valence-corrected chi connectivity index (χ3v) is 4.87. The molecule has 0 aromatic heterocycles. The maximum absolute atomic E-state index is 12.2. The number of amides is 1. The quantitative estimate of drug-likeness (QED) is 0.712. The summed E-state index contributed by atoms with van der Waals surface area (Å²) in [6.07, 6.45) is 4.07. The molecule has 1 aliphatic heterocycles. The summed E-state index contributed by atoms with van der Waals surface area (Å²) in [6, 6.07) is 8.64. The van der Waals surface area contributed by atoms with Crippen LogP contribution in [0.25, 0.3) is 6.08 Å². The zero-order valence-electron chi connectivity index (χ0n) is 14.0. The van der Waals surface area contributed by atoms with E-state index in [-0.39, 0.29) is 11.5 Å². The van der Waals surface area contributed by atoms with Gasteiger partial charge < -0.3 is 9.64 Å². The van der Waals surface area contributed by atoms with E-state index in [1.165, 1.54) is 16.7 Å². The Morgan fingerprint density at radius 3 is 2.45 bits per heavy atom. The Bertz CT molecular complexity index is 617. The number of carbonyl (C=O) groups is 1. The van der Waals surface area contributed by atoms with E-state index in [1.54, 1.807) is 0 Å². The SMILES string of the molecule is CC1=Cc2ccccc2C12CCN(C(=O)OC(C)(C)C)CC2. The highest BCUT2D eigenvalue weighted by Gasteiger charge is 2.43. The molecule has 0 atom stereocenters. The third-order valence-electron chi connectivity index (χ3n) is 4.87. The van der Waals surface area contributed by atoms with Gasteiger partial charge in [0.15, 0.2) is 0 Å². The highest BCUT2D eigenvalue weighted by atomic mass is 16.6. The van der Waals surface area contributed by atoms with Crippen molar-refractivity contribution in [2.75, 3.05) is 13.1 Å². The standard InChI is InChI=1S/C19H25NO2/c1-14-13-15-7-5-6-8-16(15)19(14)9-11-20(12-10-19)17(21)22-18(2,3)4/h5-8,13H,9-12H2,1-4H3. The minimum absolute atomic E-state index is 0.120. The van der Waals surface area contributed by atoms with Crippen LogP contribution in [-0.4, -0.2) is 29.7 Å². The number of benzene rings is 1. The average Bonchev–Trinajstić information content (AvgIpc) is 2.71. The maximum Gasteiger partial charge on any atom is 0.410 e. The maximum atomic E-state index is 12.2. The molecule has 0 bridgehead atoms. The van der Waals surface area contributed by atoms with E-state index in [2.05, 4.69) is 37.3 Å². The molecule has 1 fully saturated rings. The molecule has 1 heterocycles. The number of allylic oxidation sites excluding steroid dienone is 1. The first kappa shape index (κ1) is 15.1. The topological polar surface area (TPSA) is 29.5 Å². The predicted molar refractivity (Wildman–Crippen MR) is 88.8 cm³/mol. The summed E-state index contributed by atoms with van der Waals surface area (Å²) in [4.78, 5) is 14.1. The molecule has 1 aromatic carbocycles. The number of carbonyl (C=O) groups excluding carboxylic acids is 1. The lowest BCUT2D eigenvalue weighted by atomic mass is 9.70. The molecule has 118 valence electrons. The summed E-state index contributed by atoms with van der Waals surface area (Å²) in [6.45, 7) is 9.48. The first-order valence-corrected chi connectivity index (χ1v) is 8.08. The van der Waals surface area contributed by atoms with Crippen molar-refractivity contribution < 1.29 is 9.53 Å². The number of piperidine rings is 1. The molecule has 2 aliphatic rings. The molecule has 3 heteroatoms. The Morgan fingerprint density at radius 2 is 1.82 bits per heavy atom. The number of hydrogen-bond donors (Lipinski definition) is 0. The van der Waals surface area contributed by atoms with Crippen LogP contribution in [0.1, 0.15) is 51.7 Å². The largest absolute Gasteiger partial charge is 0.444 e. The van der Waals surface area contributed by atoms with Crippen LogP contribution in [0.3, 0.4) is 0 Å². The van der Waals surface area contributed by atoms with Crippen LogP contribution in [0.2, 0.25) is 0 Å². The monoisotopic (exact) mass is 299 g/mol. The van der Waals surface area contributed by atoms with Crippen LogP contribution in [0.15, 0.2) is 29.8 Å². The van der Waals surface area contributed by atoms with Crippen LogP contribution >= 0.6 is 0 Å². The summed E-state index contributed by atoms with van der Waals surface area (Å²) in [7, 11) is 0. The van der Waals surface area contributed by atoms with Gasteiger partial charge in [-0.1, -0.05) is 35.9 Å². The van der Waals surface area contributed by atoms with Gasteiger partial charge in [0.1, 0.15) is 5.60 Å². The van der Waals surface area contributed by atoms with Gasteiger partial charge in [-0.2, -0.15) is 0 Å². The minimum atomic E-state index is -0.429. The Kier molecular flexibility index (Phi) is 3.54. The van der Waals surface area contributed by atoms with Gasteiger partial charge in [0.05, 0.1) is 0 Å². The number of hydrogen-bond acceptors (Lipinski definition) is 2. The second kappa shape index (κ2) is 5.15. The molecule has 1 saturated heterocycles. The summed E-state index contributed by atoms with van der Waals surface area (Å²) in [5, 5.41) is 0. The lowest BCUT2D eigenvalue weighted by Crippen LogP contribution is -2.46. The van der Waals surface area contributed by atoms with E-state index in [1.807, 2.05) is 25.7 Å². The zero-order chi connectivity index (χ0) is 16.0. The van der Waals surface area contributed by atoms with Gasteiger partial charge in [-0.15, -0.1) is 0 Å². The van der Waals surface area contributed by atoms with Gasteiger partial charge in [-0.05, 0) is 51.7 Å². The average molecular weight is 299 g/mol. The highest BCUT2D eigenvalue weighted by molar-refractivity contribution is 5.71. The second-order valence-corrected chi connectivity index (χ2v) is 7.46. The summed E-state index contributed by atoms with van der Waals surface area (Å²) in [5.74, 6) is 0. The molecule has 3 nitrogen and oxygen atoms in total. The Morgan fingerprint density at radius 1 is 1.18 bits per heavy atom. The molecule has 1 aromatic rings. The second-order valence-electron chi connectivity index (χ2n) is 7.46. The van der Waals surface area contributed by atoms with Gasteiger partial charge in [0, 0.05) is 18.5 Å². The molecule has 0 N–H and O–H groups in total. The van der Waals surface area contributed by atoms with Crippen molar-refractivity contribution in [1.82, 2.24) is 4.90 Å². The number of ether oxygens (including phenoxy) is 1. The van der Waals surface area contributed by atoms with Gasteiger partial charge >= 0.3 is 6.09 Å². The van der Waals surface area contributed by atoms with Crippen molar-refractivity contribution in [3.8, 4) is 0 Å². The molecule has 0 saturated carbocycles. The van der Waals surface area contributed by atoms with Gasteiger partial charge in [0.25, 0.3) is 0 Å². The van der Waals surface area contributed by atoms with E-state index in [0.717, 1.165) is 25.9 Å². The fraction of sp³-hybridized carbons (Fsp3) is 0.526. The molecule has 1 spiro atoms. The van der Waals surface area contributed by atoms with Gasteiger partial charge in [-0.25, -0.2) is 4.79 Å². The Hall–Kier alpha value is -1.77. The smallest absolute Gasteiger partial charge is 0.410 e. The van der Waals surface area contributed by atoms with Crippen LogP contribution in [0.4, 0.5) is 4.79 Å². The molecule has 22 heavy (non-hydrogen) atoms. The zero-order valence-corrected chi connectivity index (χ0v) is 14.0. The summed E-state index contributed by atoms with van der Waals surface area (Å²) >= 11 is 0. The summed E-state index contributed by atoms with van der Waals surface area (Å²) in [5.41, 5.74) is 3.89. The van der Waals surface area contributed by atoms with Gasteiger partial charge in [-0.3, -0.25) is 0 Å². The van der Waals surface area contributed by atoms with E-state index in [4.69, 9.17) is 4.74 Å². The molecule has 3 rings (SSSR count). The first-order valence-electron chi connectivity index (χ1n) is 8.08. The van der Waals surface area contributed by atoms with Crippen molar-refractivity contribution >= 4 is 12.2 Å². The fourth-order valence-electron chi connectivity index (χ4n) is 3.70. The van der Waals surface area contributed by atoms with E-state index < -0.39 is 5.60 Å². The fourth-order valence-corrected chi connectivity index (χ4v) is 3.70. The number of rotatable bonds is 0. The van der Waals surface area contributed by atoms with E-state index in [9.17, 15) is 4.79 Å². The molecule has 0 radical (unpaired) electrons. The van der Waals surface area contributed by atoms with Crippen molar-refractivity contribution in [2.24, 2.45) is 0 Å². The summed E-state index contributed by atoms with van der Waals surface area (Å²) < 4.78 is 5.50. The van der Waals surface area contributed by atoms with E-state index >= 15 is 0 Å². The van der Waals surface area contributed by atoms with Crippen LogP contribution in [0.5, 0.6) is 0 Å². The Balaban J connectivity index is 1.75. The minimum Gasteiger partial charge on any atom is -0.444 e. The van der Waals surface area contributed by atoms with Crippen molar-refractivity contribution in [2.45, 2.75) is 51.6 Å². The third kappa shape index (κ3) is 2.53. The normalized spacial score (nSPS) is 19.8. The lowest BCUT2D eigenvalue weighted by molar-refractivity contribution is 0.0180. The van der Waals surface area contributed by atoms with Crippen LogP contribution in [0, 0.1) is 0 Å².